The Kier molecular flexibility index (Phi) is 9.28. The van der Waals surface area contributed by atoms with E-state index in [-0.39, 0.29) is 0 Å². The lowest BCUT2D eigenvalue weighted by Gasteiger charge is -2.28. The van der Waals surface area contributed by atoms with Gasteiger partial charge in [0.05, 0.1) is 49.1 Å². The third kappa shape index (κ3) is 6.62. The number of aromatic nitrogens is 2. The molecular formula is C38H32BrCl2N9O. The molecule has 0 saturated carbocycles. The van der Waals surface area contributed by atoms with Crippen molar-refractivity contribution in [1.29, 1.82) is 0 Å². The Labute approximate surface area is 314 Å². The maximum absolute atomic E-state index is 6.52. The summed E-state index contributed by atoms with van der Waals surface area (Å²) in [6.07, 6.45) is 3.68. The second kappa shape index (κ2) is 14.1. The van der Waals surface area contributed by atoms with Gasteiger partial charge in [0.25, 0.3) is 0 Å². The van der Waals surface area contributed by atoms with Crippen molar-refractivity contribution in [3.63, 3.8) is 0 Å². The summed E-state index contributed by atoms with van der Waals surface area (Å²) in [6, 6.07) is 19.5. The SMILES string of the molecule is CC1=C2N=C(c3ccccc3Cl)c3cnc(Br)cc3NC2=NC1.CC1=C2N=C(c3ccccc3Cl)c3cnc(N4CCOCC4)cc3NC2=NC1. The van der Waals surface area contributed by atoms with Crippen LogP contribution in [0.3, 0.4) is 0 Å². The Morgan fingerprint density at radius 2 is 1.20 bits per heavy atom. The molecule has 5 aliphatic heterocycles. The zero-order valence-corrected chi connectivity index (χ0v) is 30.9. The predicted octanol–water partition coefficient (Wildman–Crippen LogP) is 7.97. The smallest absolute Gasteiger partial charge is 0.152 e. The summed E-state index contributed by atoms with van der Waals surface area (Å²) in [5, 5.41) is 8.19. The van der Waals surface area contributed by atoms with Crippen molar-refractivity contribution in [2.45, 2.75) is 13.8 Å². The van der Waals surface area contributed by atoms with E-state index in [2.05, 4.69) is 59.4 Å². The Balaban J connectivity index is 0.000000150. The zero-order valence-electron chi connectivity index (χ0n) is 27.8. The second-order valence-corrected chi connectivity index (χ2v) is 14.1. The van der Waals surface area contributed by atoms with Crippen LogP contribution in [0.25, 0.3) is 0 Å². The van der Waals surface area contributed by atoms with Gasteiger partial charge in [0.15, 0.2) is 11.7 Å². The Hall–Kier alpha value is -4.68. The number of nitrogens with one attached hydrogen (secondary N) is 2. The molecule has 0 spiro atoms. The molecule has 1 saturated heterocycles. The quantitative estimate of drug-likeness (QED) is 0.204. The highest BCUT2D eigenvalue weighted by Crippen LogP contribution is 2.34. The van der Waals surface area contributed by atoms with Crippen molar-refractivity contribution in [1.82, 2.24) is 9.97 Å². The topological polar surface area (TPSA) is 112 Å². The summed E-state index contributed by atoms with van der Waals surface area (Å²) in [4.78, 5) is 30.3. The van der Waals surface area contributed by atoms with Crippen LogP contribution in [0.15, 0.2) is 120 Å². The molecule has 256 valence electrons. The van der Waals surface area contributed by atoms with Gasteiger partial charge < -0.3 is 20.3 Å². The summed E-state index contributed by atoms with van der Waals surface area (Å²) < 4.78 is 6.22. The third-order valence-corrected chi connectivity index (χ3v) is 10.1. The maximum atomic E-state index is 6.52. The minimum atomic E-state index is 0.660. The van der Waals surface area contributed by atoms with Gasteiger partial charge in [-0.3, -0.25) is 9.98 Å². The molecule has 0 radical (unpaired) electrons. The van der Waals surface area contributed by atoms with Gasteiger partial charge in [-0.2, -0.15) is 0 Å². The lowest BCUT2D eigenvalue weighted by atomic mass is 10.0. The molecule has 13 heteroatoms. The fraction of sp³-hybridized carbons (Fsp3) is 0.211. The Bertz CT molecular complexity index is 2270. The van der Waals surface area contributed by atoms with E-state index in [1.165, 1.54) is 0 Å². The molecule has 5 aliphatic rings. The summed E-state index contributed by atoms with van der Waals surface area (Å²) in [5.74, 6) is 2.53. The van der Waals surface area contributed by atoms with Gasteiger partial charge in [-0.05, 0) is 59.1 Å². The van der Waals surface area contributed by atoms with Crippen molar-refractivity contribution in [2.75, 3.05) is 54.9 Å². The molecular weight excluding hydrogens is 749 g/mol. The number of amidine groups is 2. The van der Waals surface area contributed by atoms with Crippen LogP contribution in [-0.4, -0.2) is 72.5 Å². The summed E-state index contributed by atoms with van der Waals surface area (Å²) in [5.41, 5.74) is 11.1. The van der Waals surface area contributed by atoms with Gasteiger partial charge in [-0.25, -0.2) is 20.0 Å². The summed E-state index contributed by atoms with van der Waals surface area (Å²) in [6.45, 7) is 8.55. The van der Waals surface area contributed by atoms with Gasteiger partial charge in [-0.15, -0.1) is 0 Å². The summed E-state index contributed by atoms with van der Waals surface area (Å²) in [7, 11) is 0. The largest absolute Gasteiger partial charge is 0.378 e. The van der Waals surface area contributed by atoms with E-state index in [9.17, 15) is 0 Å². The van der Waals surface area contributed by atoms with Crippen molar-refractivity contribution < 1.29 is 4.74 Å². The lowest BCUT2D eigenvalue weighted by Crippen LogP contribution is -2.36. The standard InChI is InChI=1S/C21H20ClN5O.C17H12BrClN4/c1-13-11-24-21-19(13)26-20(14-4-2-3-5-16(14)22)15-12-23-18(10-17(15)25-21)27-6-8-28-9-7-27;1-9-7-21-17-15(9)23-16(10-4-2-3-5-12(10)19)11-8-20-14(18)6-13(11)22-17/h2-5,10,12H,6-9,11H2,1H3,(H,24,25);2-6,8H,7H2,1H3,(H,21,22). The molecule has 2 aromatic carbocycles. The predicted molar refractivity (Wildman–Crippen MR) is 211 cm³/mol. The van der Waals surface area contributed by atoms with E-state index >= 15 is 0 Å². The van der Waals surface area contributed by atoms with E-state index in [4.69, 9.17) is 42.9 Å². The zero-order chi connectivity index (χ0) is 35.1. The molecule has 1 fully saturated rings. The highest BCUT2D eigenvalue weighted by molar-refractivity contribution is 9.10. The van der Waals surface area contributed by atoms with Crippen molar-refractivity contribution >= 4 is 79.4 Å². The highest BCUT2D eigenvalue weighted by Gasteiger charge is 2.28. The number of fused-ring (bicyclic) bond motifs is 4. The molecule has 0 aliphatic carbocycles. The Morgan fingerprint density at radius 3 is 1.75 bits per heavy atom. The fourth-order valence-electron chi connectivity index (χ4n) is 6.33. The molecule has 0 atom stereocenters. The third-order valence-electron chi connectivity index (χ3n) is 9.02. The number of rotatable bonds is 3. The van der Waals surface area contributed by atoms with E-state index in [1.54, 1.807) is 6.20 Å². The molecule has 7 heterocycles. The lowest BCUT2D eigenvalue weighted by molar-refractivity contribution is 0.122. The van der Waals surface area contributed by atoms with E-state index < -0.39 is 0 Å². The molecule has 4 aromatic rings. The molecule has 0 unspecified atom stereocenters. The molecule has 51 heavy (non-hydrogen) atoms. The number of pyridine rings is 2. The molecule has 10 nitrogen and oxygen atoms in total. The van der Waals surface area contributed by atoms with E-state index in [0.29, 0.717) is 23.1 Å². The first-order valence-electron chi connectivity index (χ1n) is 16.5. The van der Waals surface area contributed by atoms with Crippen LogP contribution in [0.5, 0.6) is 0 Å². The van der Waals surface area contributed by atoms with Crippen LogP contribution in [0.2, 0.25) is 10.0 Å². The average molecular weight is 782 g/mol. The van der Waals surface area contributed by atoms with E-state index in [1.807, 2.05) is 67.7 Å². The minimum Gasteiger partial charge on any atom is -0.378 e. The first kappa shape index (κ1) is 33.5. The number of hydrogen-bond acceptors (Lipinski definition) is 10. The van der Waals surface area contributed by atoms with Gasteiger partial charge >= 0.3 is 0 Å². The van der Waals surface area contributed by atoms with Crippen LogP contribution in [0.1, 0.15) is 36.1 Å². The van der Waals surface area contributed by atoms with Gasteiger partial charge in [0, 0.05) is 63.8 Å². The number of ether oxygens (including phenoxy) is 1. The number of aliphatic imine (C=N–C) groups is 4. The number of anilines is 3. The molecule has 2 N–H and O–H groups in total. The molecule has 0 amide bonds. The number of benzene rings is 2. The van der Waals surface area contributed by atoms with Crippen molar-refractivity contribution in [3.8, 4) is 0 Å². The van der Waals surface area contributed by atoms with Crippen LogP contribution in [-0.2, 0) is 4.74 Å². The number of morpholine rings is 1. The van der Waals surface area contributed by atoms with Crippen LogP contribution in [0.4, 0.5) is 17.2 Å². The van der Waals surface area contributed by atoms with E-state index in [0.717, 1.165) is 116 Å². The molecule has 2 aromatic heterocycles. The van der Waals surface area contributed by atoms with Gasteiger partial charge in [0.2, 0.25) is 0 Å². The minimum absolute atomic E-state index is 0.660. The molecule has 0 bridgehead atoms. The summed E-state index contributed by atoms with van der Waals surface area (Å²) >= 11 is 16.4. The number of hydrogen-bond donors (Lipinski definition) is 2. The number of nitrogens with zero attached hydrogens (tertiary/aromatic N) is 7. The van der Waals surface area contributed by atoms with Crippen LogP contribution >= 0.6 is 39.1 Å². The van der Waals surface area contributed by atoms with Crippen molar-refractivity contribution in [2.24, 2.45) is 20.0 Å². The first-order valence-corrected chi connectivity index (χ1v) is 18.1. The first-order chi connectivity index (χ1) is 24.8. The van der Waals surface area contributed by atoms with Crippen LogP contribution in [0, 0.1) is 0 Å². The monoisotopic (exact) mass is 779 g/mol. The molecule has 9 rings (SSSR count). The average Bonchev–Trinajstić information content (AvgIpc) is 3.54. The van der Waals surface area contributed by atoms with Gasteiger partial charge in [-0.1, -0.05) is 59.6 Å². The van der Waals surface area contributed by atoms with Crippen molar-refractivity contribution in [3.05, 3.63) is 132 Å². The highest BCUT2D eigenvalue weighted by atomic mass is 79.9. The Morgan fingerprint density at radius 1 is 0.686 bits per heavy atom. The fourth-order valence-corrected chi connectivity index (χ4v) is 7.12. The van der Waals surface area contributed by atoms with Gasteiger partial charge in [0.1, 0.15) is 21.8 Å². The normalized spacial score (nSPS) is 17.5. The second-order valence-electron chi connectivity index (χ2n) is 12.5. The number of halogens is 3. The van der Waals surface area contributed by atoms with Crippen LogP contribution < -0.4 is 15.5 Å². The maximum Gasteiger partial charge on any atom is 0.152 e.